The molecule has 0 radical (unpaired) electrons. The number of fused-ring (bicyclic) bond motifs is 1. The number of ether oxygens (including phenoxy) is 1. The monoisotopic (exact) mass is 390 g/mol. The Kier molecular flexibility index (Phi) is 6.32. The van der Waals surface area contributed by atoms with E-state index >= 15 is 0 Å². The van der Waals surface area contributed by atoms with Crippen LogP contribution in [0.2, 0.25) is 0 Å². The number of benzene rings is 1. The molecule has 1 aliphatic heterocycles. The zero-order valence-corrected chi connectivity index (χ0v) is 16.6. The summed E-state index contributed by atoms with van der Waals surface area (Å²) < 4.78 is 5.75. The summed E-state index contributed by atoms with van der Waals surface area (Å²) in [7, 11) is 0. The minimum Gasteiger partial charge on any atom is -0.466 e. The fourth-order valence-corrected chi connectivity index (χ4v) is 4.99. The average Bonchev–Trinajstić information content (AvgIpc) is 3.07. The number of thiazole rings is 1. The predicted molar refractivity (Wildman–Crippen MR) is 103 cm³/mol. The minimum absolute atomic E-state index is 0.131. The third kappa shape index (κ3) is 4.65. The molecule has 0 saturated heterocycles. The Morgan fingerprint density at radius 1 is 1.35 bits per heavy atom. The largest absolute Gasteiger partial charge is 0.466 e. The van der Waals surface area contributed by atoms with Gasteiger partial charge in [0.2, 0.25) is 5.91 Å². The number of hydrogen-bond acceptors (Lipinski definition) is 6. The first kappa shape index (κ1) is 18.9. The van der Waals surface area contributed by atoms with Gasteiger partial charge in [0.15, 0.2) is 4.34 Å². The van der Waals surface area contributed by atoms with Gasteiger partial charge < -0.3 is 9.64 Å². The lowest BCUT2D eigenvalue weighted by Gasteiger charge is -2.30. The third-order valence-electron chi connectivity index (χ3n) is 4.23. The highest BCUT2D eigenvalue weighted by atomic mass is 32.2. The number of hydrogen-bond donors (Lipinski definition) is 0. The van der Waals surface area contributed by atoms with Gasteiger partial charge in [-0.05, 0) is 31.4 Å². The molecule has 138 valence electrons. The van der Waals surface area contributed by atoms with E-state index in [1.165, 1.54) is 34.2 Å². The number of amides is 1. The highest BCUT2D eigenvalue weighted by Gasteiger charge is 2.26. The molecule has 1 atom stereocenters. The highest BCUT2D eigenvalue weighted by Crippen LogP contribution is 2.29. The number of carbonyl (C=O) groups is 2. The van der Waals surface area contributed by atoms with Crippen LogP contribution in [-0.4, -0.2) is 40.2 Å². The van der Waals surface area contributed by atoms with Gasteiger partial charge >= 0.3 is 5.97 Å². The van der Waals surface area contributed by atoms with Gasteiger partial charge in [0.25, 0.3) is 0 Å². The summed E-state index contributed by atoms with van der Waals surface area (Å²) in [6, 6.07) is 8.29. The number of esters is 1. The maximum absolute atomic E-state index is 12.8. The molecule has 0 saturated carbocycles. The summed E-state index contributed by atoms with van der Waals surface area (Å²) in [6.45, 7) is 5.50. The predicted octanol–water partition coefficient (Wildman–Crippen LogP) is 3.31. The van der Waals surface area contributed by atoms with Crippen LogP contribution in [0.25, 0.3) is 0 Å². The second-order valence-electron chi connectivity index (χ2n) is 6.13. The molecule has 5 nitrogen and oxygen atoms in total. The van der Waals surface area contributed by atoms with Gasteiger partial charge in [-0.25, -0.2) is 4.98 Å². The van der Waals surface area contributed by atoms with Crippen molar-refractivity contribution < 1.29 is 14.3 Å². The van der Waals surface area contributed by atoms with Crippen molar-refractivity contribution in [3.05, 3.63) is 46.5 Å². The first-order chi connectivity index (χ1) is 12.6. The van der Waals surface area contributed by atoms with Crippen molar-refractivity contribution in [2.45, 2.75) is 42.8 Å². The zero-order chi connectivity index (χ0) is 18.5. The maximum Gasteiger partial charge on any atom is 0.311 e. The Bertz CT molecular complexity index is 791. The van der Waals surface area contributed by atoms with Crippen molar-refractivity contribution in [2.24, 2.45) is 0 Å². The Labute approximate surface area is 161 Å². The van der Waals surface area contributed by atoms with Crippen LogP contribution < -0.4 is 0 Å². The van der Waals surface area contributed by atoms with Crippen LogP contribution in [0.1, 0.15) is 30.7 Å². The van der Waals surface area contributed by atoms with Gasteiger partial charge in [-0.3, -0.25) is 9.59 Å². The van der Waals surface area contributed by atoms with Crippen LogP contribution in [-0.2, 0) is 33.7 Å². The second kappa shape index (κ2) is 8.68. The van der Waals surface area contributed by atoms with Crippen molar-refractivity contribution in [3.8, 4) is 0 Å². The quantitative estimate of drug-likeness (QED) is 0.559. The molecular weight excluding hydrogens is 368 g/mol. The number of thioether (sulfide) groups is 1. The van der Waals surface area contributed by atoms with E-state index in [2.05, 4.69) is 17.1 Å². The summed E-state index contributed by atoms with van der Waals surface area (Å²) in [5, 5.41) is 1.65. The van der Waals surface area contributed by atoms with Crippen LogP contribution in [0.5, 0.6) is 0 Å². The number of aromatic nitrogens is 1. The average molecular weight is 391 g/mol. The molecule has 3 rings (SSSR count). The lowest BCUT2D eigenvalue weighted by Crippen LogP contribution is -2.40. The summed E-state index contributed by atoms with van der Waals surface area (Å²) in [6.07, 6.45) is 1.08. The van der Waals surface area contributed by atoms with Gasteiger partial charge in [-0.2, -0.15) is 0 Å². The standard InChI is InChI=1S/C19H22N2O3S2/c1-3-24-17(22)10-16-12-25-19(20-16)26-13(2)18(23)21-9-8-14-6-4-5-7-15(14)11-21/h4-7,12-13H,3,8-11H2,1-2H3. The van der Waals surface area contributed by atoms with E-state index in [9.17, 15) is 9.59 Å². The zero-order valence-electron chi connectivity index (χ0n) is 14.9. The van der Waals surface area contributed by atoms with E-state index in [4.69, 9.17) is 4.74 Å². The molecular formula is C19H22N2O3S2. The van der Waals surface area contributed by atoms with Crippen LogP contribution in [0.15, 0.2) is 34.0 Å². The molecule has 0 N–H and O–H groups in total. The fourth-order valence-electron chi connectivity index (χ4n) is 2.93. The molecule has 1 aromatic carbocycles. The fraction of sp³-hybridized carbons (Fsp3) is 0.421. The summed E-state index contributed by atoms with van der Waals surface area (Å²) in [5.74, 6) is -0.142. The Morgan fingerprint density at radius 3 is 2.88 bits per heavy atom. The van der Waals surface area contributed by atoms with E-state index in [1.807, 2.05) is 29.3 Å². The van der Waals surface area contributed by atoms with E-state index < -0.39 is 0 Å². The molecule has 0 spiro atoms. The first-order valence-electron chi connectivity index (χ1n) is 8.69. The summed E-state index contributed by atoms with van der Waals surface area (Å²) in [5.41, 5.74) is 3.26. The lowest BCUT2D eigenvalue weighted by molar-refractivity contribution is -0.142. The van der Waals surface area contributed by atoms with Crippen LogP contribution >= 0.6 is 23.1 Å². The summed E-state index contributed by atoms with van der Waals surface area (Å²) in [4.78, 5) is 30.7. The molecule has 2 heterocycles. The Hall–Kier alpha value is -1.86. The van der Waals surface area contributed by atoms with Crippen LogP contribution in [0.3, 0.4) is 0 Å². The van der Waals surface area contributed by atoms with Crippen LogP contribution in [0.4, 0.5) is 0 Å². The van der Waals surface area contributed by atoms with Crippen molar-refractivity contribution in [1.29, 1.82) is 0 Å². The molecule has 7 heteroatoms. The highest BCUT2D eigenvalue weighted by molar-refractivity contribution is 8.02. The Balaban J connectivity index is 1.57. The lowest BCUT2D eigenvalue weighted by atomic mass is 10.00. The van der Waals surface area contributed by atoms with E-state index in [0.717, 1.165) is 17.3 Å². The minimum atomic E-state index is -0.273. The van der Waals surface area contributed by atoms with Crippen molar-refractivity contribution in [2.75, 3.05) is 13.2 Å². The Morgan fingerprint density at radius 2 is 2.12 bits per heavy atom. The molecule has 0 aliphatic carbocycles. The van der Waals surface area contributed by atoms with E-state index in [-0.39, 0.29) is 23.5 Å². The van der Waals surface area contributed by atoms with Gasteiger partial charge in [0.05, 0.1) is 24.0 Å². The third-order valence-corrected chi connectivity index (χ3v) is 6.34. The van der Waals surface area contributed by atoms with Gasteiger partial charge in [0.1, 0.15) is 0 Å². The van der Waals surface area contributed by atoms with Crippen LogP contribution in [0, 0.1) is 0 Å². The second-order valence-corrected chi connectivity index (χ2v) is 8.57. The molecule has 1 aromatic heterocycles. The molecule has 2 aromatic rings. The molecule has 1 unspecified atom stereocenters. The normalized spacial score (nSPS) is 14.6. The topological polar surface area (TPSA) is 59.5 Å². The van der Waals surface area contributed by atoms with Gasteiger partial charge in [-0.15, -0.1) is 11.3 Å². The SMILES string of the molecule is CCOC(=O)Cc1csc(SC(C)C(=O)N2CCc3ccccc3C2)n1. The molecule has 0 bridgehead atoms. The number of carbonyl (C=O) groups excluding carboxylic acids is 2. The van der Waals surface area contributed by atoms with Crippen molar-refractivity contribution >= 4 is 35.0 Å². The number of rotatable bonds is 6. The van der Waals surface area contributed by atoms with Crippen molar-refractivity contribution in [3.63, 3.8) is 0 Å². The van der Waals surface area contributed by atoms with E-state index in [1.54, 1.807) is 6.92 Å². The van der Waals surface area contributed by atoms with E-state index in [0.29, 0.717) is 18.8 Å². The van der Waals surface area contributed by atoms with Crippen molar-refractivity contribution in [1.82, 2.24) is 9.88 Å². The van der Waals surface area contributed by atoms with Gasteiger partial charge in [-0.1, -0.05) is 36.0 Å². The molecule has 0 fully saturated rings. The molecule has 26 heavy (non-hydrogen) atoms. The molecule has 1 aliphatic rings. The summed E-state index contributed by atoms with van der Waals surface area (Å²) >= 11 is 2.92. The molecule has 1 amide bonds. The maximum atomic E-state index is 12.8. The first-order valence-corrected chi connectivity index (χ1v) is 10.4. The smallest absolute Gasteiger partial charge is 0.311 e. The number of nitrogens with zero attached hydrogens (tertiary/aromatic N) is 2. The van der Waals surface area contributed by atoms with Gasteiger partial charge in [0, 0.05) is 18.5 Å².